The molecule has 0 aliphatic carbocycles. The highest BCUT2D eigenvalue weighted by Gasteiger charge is 2.39. The van der Waals surface area contributed by atoms with Crippen LogP contribution in [-0.2, 0) is 32.2 Å². The van der Waals surface area contributed by atoms with Gasteiger partial charge in [0.15, 0.2) is 13.8 Å². The summed E-state index contributed by atoms with van der Waals surface area (Å²) >= 11 is 0. The van der Waals surface area contributed by atoms with E-state index in [0.29, 0.717) is 11.3 Å². The van der Waals surface area contributed by atoms with Crippen LogP contribution < -0.4 is 14.5 Å². The average Bonchev–Trinajstić information content (AvgIpc) is 3.33. The van der Waals surface area contributed by atoms with Crippen LogP contribution in [0, 0.1) is 0 Å². The van der Waals surface area contributed by atoms with Gasteiger partial charge < -0.3 is 37.3 Å². The number of rotatable bonds is 16. The van der Waals surface area contributed by atoms with Crippen molar-refractivity contribution >= 4 is 45.2 Å². The van der Waals surface area contributed by atoms with Gasteiger partial charge in [-0.25, -0.2) is 14.6 Å². The van der Waals surface area contributed by atoms with Crippen LogP contribution in [0.2, 0.25) is 18.1 Å². The van der Waals surface area contributed by atoms with E-state index in [1.807, 2.05) is 0 Å². The summed E-state index contributed by atoms with van der Waals surface area (Å²) in [6.07, 6.45) is -1.26. The Labute approximate surface area is 291 Å². The first-order valence-electron chi connectivity index (χ1n) is 16.3. The fourth-order valence-electron chi connectivity index (χ4n) is 3.76. The molecule has 2 aromatic heterocycles. The van der Waals surface area contributed by atoms with E-state index in [4.69, 9.17) is 37.3 Å². The fraction of sp³-hybridized carbons (Fsp3) is 0.774. The molecule has 0 aliphatic rings. The monoisotopic (exact) mass is 733 g/mol. The van der Waals surface area contributed by atoms with Crippen LogP contribution in [-0.4, -0.2) is 97.4 Å². The Bertz CT molecular complexity index is 1410. The van der Waals surface area contributed by atoms with Crippen LogP contribution in [0.25, 0.3) is 11.2 Å². The van der Waals surface area contributed by atoms with Crippen molar-refractivity contribution in [2.24, 2.45) is 0 Å². The van der Waals surface area contributed by atoms with E-state index in [9.17, 15) is 14.2 Å². The molecule has 0 aromatic carbocycles. The van der Waals surface area contributed by atoms with E-state index in [-0.39, 0.29) is 60.8 Å². The van der Waals surface area contributed by atoms with Crippen LogP contribution in [0.15, 0.2) is 6.33 Å². The maximum absolute atomic E-state index is 13.3. The Morgan fingerprint density at radius 3 is 1.96 bits per heavy atom. The van der Waals surface area contributed by atoms with Crippen molar-refractivity contribution in [2.75, 3.05) is 44.8 Å². The molecule has 0 aliphatic heterocycles. The van der Waals surface area contributed by atoms with Gasteiger partial charge in [0.1, 0.15) is 30.0 Å². The maximum atomic E-state index is 13.3. The molecule has 49 heavy (non-hydrogen) atoms. The topological polar surface area (TPSA) is 172 Å². The van der Waals surface area contributed by atoms with E-state index in [2.05, 4.69) is 48.8 Å². The first-order chi connectivity index (χ1) is 22.5. The number of aromatic nitrogens is 4. The van der Waals surface area contributed by atoms with Gasteiger partial charge in [0.25, 0.3) is 0 Å². The predicted molar refractivity (Wildman–Crippen MR) is 187 cm³/mol. The van der Waals surface area contributed by atoms with Crippen molar-refractivity contribution in [3.63, 3.8) is 0 Å². The lowest BCUT2D eigenvalue weighted by Crippen LogP contribution is -2.45. The summed E-state index contributed by atoms with van der Waals surface area (Å²) < 4.78 is 53.5. The Hall–Kier alpha value is -2.82. The lowest BCUT2D eigenvalue weighted by Gasteiger charge is -2.37. The summed E-state index contributed by atoms with van der Waals surface area (Å²) in [4.78, 5) is 46.8. The third kappa shape index (κ3) is 12.8. The normalized spacial score (nSPS) is 13.7. The quantitative estimate of drug-likeness (QED) is 0.0984. The van der Waals surface area contributed by atoms with Crippen LogP contribution >= 0.6 is 7.60 Å². The van der Waals surface area contributed by atoms with Gasteiger partial charge in [-0.3, -0.25) is 4.57 Å². The second-order valence-corrected chi connectivity index (χ2v) is 21.4. The van der Waals surface area contributed by atoms with Crippen molar-refractivity contribution in [1.29, 1.82) is 0 Å². The summed E-state index contributed by atoms with van der Waals surface area (Å²) in [5, 5.41) is -0.0698. The van der Waals surface area contributed by atoms with Gasteiger partial charge >= 0.3 is 19.8 Å². The summed E-state index contributed by atoms with van der Waals surface area (Å²) in [6.45, 7) is 24.8. The van der Waals surface area contributed by atoms with Gasteiger partial charge in [-0.05, 0) is 73.5 Å². The molecule has 0 fully saturated rings. The molecule has 0 bridgehead atoms. The molecule has 0 saturated carbocycles. The molecule has 0 radical (unpaired) electrons. The SMILES string of the molecule is CCOP(=O)(COCCC(CO[Si](C)(C)C(C)(C)C)On1cnc2c(OC)nc(N(C(=O)OC(C)(C)C)C(=O)OC(C)(C)C)nc21)OCC. The third-order valence-electron chi connectivity index (χ3n) is 7.05. The van der Waals surface area contributed by atoms with Gasteiger partial charge in [-0.15, -0.1) is 4.90 Å². The molecule has 2 rings (SSSR count). The number of hydrogen-bond acceptors (Lipinski definition) is 14. The Kier molecular flexibility index (Phi) is 14.6. The number of fused-ring (bicyclic) bond motifs is 1. The lowest BCUT2D eigenvalue weighted by atomic mass is 10.2. The zero-order valence-electron chi connectivity index (χ0n) is 31.6. The highest BCUT2D eigenvalue weighted by Crippen LogP contribution is 2.47. The van der Waals surface area contributed by atoms with Gasteiger partial charge in [0.05, 0.1) is 33.5 Å². The summed E-state index contributed by atoms with van der Waals surface area (Å²) in [5.41, 5.74) is -1.60. The summed E-state index contributed by atoms with van der Waals surface area (Å²) in [5.74, 6) is -0.405. The van der Waals surface area contributed by atoms with E-state index in [1.165, 1.54) is 18.2 Å². The van der Waals surface area contributed by atoms with E-state index in [1.54, 1.807) is 55.4 Å². The maximum Gasteiger partial charge on any atom is 0.427 e. The molecule has 2 aromatic rings. The van der Waals surface area contributed by atoms with Gasteiger partial charge in [-0.1, -0.05) is 20.8 Å². The number of imide groups is 1. The molecule has 280 valence electrons. The van der Waals surface area contributed by atoms with Crippen molar-refractivity contribution in [2.45, 2.75) is 118 Å². The Balaban J connectivity index is 2.53. The first kappa shape index (κ1) is 42.3. The zero-order valence-corrected chi connectivity index (χ0v) is 33.5. The minimum Gasteiger partial charge on any atom is -0.479 e. The van der Waals surface area contributed by atoms with Gasteiger partial charge in [-0.2, -0.15) is 14.7 Å². The van der Waals surface area contributed by atoms with E-state index >= 15 is 0 Å². The number of carbonyl (C=O) groups is 2. The zero-order chi connectivity index (χ0) is 37.4. The number of ether oxygens (including phenoxy) is 4. The molecule has 0 N–H and O–H groups in total. The fourth-order valence-corrected chi connectivity index (χ4v) is 6.16. The second-order valence-electron chi connectivity index (χ2n) is 14.6. The number of amides is 2. The number of nitrogens with zero attached hydrogens (tertiary/aromatic N) is 5. The summed E-state index contributed by atoms with van der Waals surface area (Å²) in [7, 11) is -4.26. The number of anilines is 1. The van der Waals surface area contributed by atoms with E-state index < -0.39 is 45.4 Å². The molecule has 16 nitrogen and oxygen atoms in total. The smallest absolute Gasteiger partial charge is 0.427 e. The van der Waals surface area contributed by atoms with Crippen molar-refractivity contribution < 1.29 is 51.4 Å². The molecule has 1 unspecified atom stereocenters. The van der Waals surface area contributed by atoms with Crippen molar-refractivity contribution in [3.05, 3.63) is 6.33 Å². The van der Waals surface area contributed by atoms with Crippen molar-refractivity contribution in [1.82, 2.24) is 19.7 Å². The molecule has 2 amide bonds. The molecule has 0 spiro atoms. The molecule has 2 heterocycles. The number of carbonyl (C=O) groups excluding carboxylic acids is 2. The van der Waals surface area contributed by atoms with Crippen LogP contribution in [0.3, 0.4) is 0 Å². The average molecular weight is 734 g/mol. The highest BCUT2D eigenvalue weighted by molar-refractivity contribution is 7.53. The van der Waals surface area contributed by atoms with Crippen molar-refractivity contribution in [3.8, 4) is 5.88 Å². The second kappa shape index (κ2) is 16.9. The Morgan fingerprint density at radius 2 is 1.49 bits per heavy atom. The number of imidazole rings is 1. The van der Waals surface area contributed by atoms with Crippen LogP contribution in [0.1, 0.15) is 82.6 Å². The molecular weight excluding hydrogens is 677 g/mol. The molecule has 1 atom stereocenters. The minimum atomic E-state index is -3.41. The standard InChI is InChI=1S/C31H56N5O11PSi/c1-15-42-48(39,43-16-2)21-41-18-17-22(19-44-49(13,14)31(9,10)11)47-35-20-32-23-24(35)33-26(34-25(23)40-12)36(27(37)45-29(3,4)5)28(38)46-30(6,7)8/h20,22H,15-19,21H2,1-14H3. The first-order valence-corrected chi connectivity index (χ1v) is 20.9. The minimum absolute atomic E-state index is 0.0283. The number of hydrogen-bond donors (Lipinski definition) is 0. The highest BCUT2D eigenvalue weighted by atomic mass is 31.2. The Morgan fingerprint density at radius 1 is 0.939 bits per heavy atom. The van der Waals surface area contributed by atoms with Gasteiger partial charge in [0, 0.05) is 6.42 Å². The summed E-state index contributed by atoms with van der Waals surface area (Å²) in [6, 6.07) is 0. The third-order valence-corrected chi connectivity index (χ3v) is 13.4. The van der Waals surface area contributed by atoms with E-state index in [0.717, 1.165) is 0 Å². The number of methoxy groups -OCH3 is 1. The molecule has 18 heteroatoms. The largest absolute Gasteiger partial charge is 0.479 e. The van der Waals surface area contributed by atoms with Gasteiger partial charge in [0.2, 0.25) is 17.5 Å². The predicted octanol–water partition coefficient (Wildman–Crippen LogP) is 6.96. The van der Waals surface area contributed by atoms with Crippen LogP contribution in [0.5, 0.6) is 5.88 Å². The van der Waals surface area contributed by atoms with Crippen LogP contribution in [0.4, 0.5) is 15.5 Å². The molecular formula is C31H56N5O11PSi. The lowest BCUT2D eigenvalue weighted by molar-refractivity contribution is -0.00987. The molecule has 0 saturated heterocycles.